The van der Waals surface area contributed by atoms with Crippen LogP contribution in [0.5, 0.6) is 0 Å². The van der Waals surface area contributed by atoms with Gasteiger partial charge in [0.1, 0.15) is 16.7 Å². The summed E-state index contributed by atoms with van der Waals surface area (Å²) in [4.78, 5) is 16.2. The van der Waals surface area contributed by atoms with Gasteiger partial charge in [0.15, 0.2) is 0 Å². The Hall–Kier alpha value is -1.92. The van der Waals surface area contributed by atoms with Crippen molar-refractivity contribution in [3.63, 3.8) is 0 Å². The zero-order valence-electron chi connectivity index (χ0n) is 13.5. The molecule has 0 aliphatic heterocycles. The number of amides is 1. The molecule has 2 aromatic rings. The maximum atomic E-state index is 12.1. The molecular formula is C17H22N2O3S. The van der Waals surface area contributed by atoms with Gasteiger partial charge < -0.3 is 15.2 Å². The number of aromatic nitrogens is 1. The number of benzene rings is 1. The summed E-state index contributed by atoms with van der Waals surface area (Å²) in [5, 5.41) is 15.7. The topological polar surface area (TPSA) is 71.5 Å². The van der Waals surface area contributed by atoms with Crippen LogP contribution >= 0.6 is 11.3 Å². The fourth-order valence-electron chi connectivity index (χ4n) is 2.12. The molecule has 2 atom stereocenters. The van der Waals surface area contributed by atoms with E-state index in [2.05, 4.69) is 10.3 Å². The van der Waals surface area contributed by atoms with E-state index in [1.54, 1.807) is 32.3 Å². The second-order valence-corrected chi connectivity index (χ2v) is 7.18. The van der Waals surface area contributed by atoms with Gasteiger partial charge in [0.25, 0.3) is 0 Å². The minimum absolute atomic E-state index is 0.487. The van der Waals surface area contributed by atoms with Crippen LogP contribution in [0.25, 0.3) is 0 Å². The van der Waals surface area contributed by atoms with Crippen molar-refractivity contribution in [1.82, 2.24) is 10.3 Å². The van der Waals surface area contributed by atoms with Gasteiger partial charge >= 0.3 is 6.09 Å². The van der Waals surface area contributed by atoms with E-state index >= 15 is 0 Å². The maximum Gasteiger partial charge on any atom is 0.407 e. The number of nitrogens with zero attached hydrogens (tertiary/aromatic N) is 1. The summed E-state index contributed by atoms with van der Waals surface area (Å²) in [6, 6.07) is 9.18. The van der Waals surface area contributed by atoms with E-state index < -0.39 is 23.8 Å². The lowest BCUT2D eigenvalue weighted by Crippen LogP contribution is -2.43. The number of thiazole rings is 1. The van der Waals surface area contributed by atoms with Crippen LogP contribution in [-0.2, 0) is 11.2 Å². The third-order valence-electron chi connectivity index (χ3n) is 3.09. The quantitative estimate of drug-likeness (QED) is 0.880. The first-order valence-corrected chi connectivity index (χ1v) is 8.34. The summed E-state index contributed by atoms with van der Waals surface area (Å²) in [5.41, 5.74) is 0.428. The van der Waals surface area contributed by atoms with Crippen LogP contribution in [0, 0.1) is 0 Å². The van der Waals surface area contributed by atoms with Crippen molar-refractivity contribution in [1.29, 1.82) is 0 Å². The van der Waals surface area contributed by atoms with E-state index in [9.17, 15) is 9.90 Å². The number of ether oxygens (including phenoxy) is 1. The summed E-state index contributed by atoms with van der Waals surface area (Å²) in [6.07, 6.45) is 0.689. The van der Waals surface area contributed by atoms with Crippen LogP contribution in [0.2, 0.25) is 0 Å². The molecule has 0 radical (unpaired) electrons. The maximum absolute atomic E-state index is 12.1. The lowest BCUT2D eigenvalue weighted by Gasteiger charge is -2.26. The van der Waals surface area contributed by atoms with Crippen LogP contribution in [0.1, 0.15) is 37.4 Å². The Morgan fingerprint density at radius 3 is 2.61 bits per heavy atom. The van der Waals surface area contributed by atoms with Crippen LogP contribution in [0.4, 0.5) is 4.79 Å². The van der Waals surface area contributed by atoms with Gasteiger partial charge in [-0.25, -0.2) is 9.78 Å². The third-order valence-corrected chi connectivity index (χ3v) is 3.93. The van der Waals surface area contributed by atoms with Crippen LogP contribution in [0.15, 0.2) is 41.9 Å². The van der Waals surface area contributed by atoms with Gasteiger partial charge in [-0.05, 0) is 32.8 Å². The molecule has 0 unspecified atom stereocenters. The van der Waals surface area contributed by atoms with Gasteiger partial charge in [0, 0.05) is 11.6 Å². The number of hydrogen-bond donors (Lipinski definition) is 2. The highest BCUT2D eigenvalue weighted by atomic mass is 32.1. The SMILES string of the molecule is CC(C)(C)OC(=O)N[C@H](Cc1ccccc1)[C@H](O)c1nccs1. The molecule has 1 heterocycles. The first-order chi connectivity index (χ1) is 10.8. The molecule has 5 nitrogen and oxygen atoms in total. The molecule has 2 rings (SSSR count). The summed E-state index contributed by atoms with van der Waals surface area (Å²) < 4.78 is 5.30. The number of aliphatic hydroxyl groups is 1. The Labute approximate surface area is 140 Å². The van der Waals surface area contributed by atoms with Gasteiger partial charge in [0.05, 0.1) is 6.04 Å². The van der Waals surface area contributed by atoms with Crippen molar-refractivity contribution < 1.29 is 14.6 Å². The van der Waals surface area contributed by atoms with Gasteiger partial charge in [-0.15, -0.1) is 11.3 Å². The lowest BCUT2D eigenvalue weighted by atomic mass is 10.0. The Morgan fingerprint density at radius 2 is 2.04 bits per heavy atom. The van der Waals surface area contributed by atoms with E-state index in [0.29, 0.717) is 11.4 Å². The fraction of sp³-hybridized carbons (Fsp3) is 0.412. The van der Waals surface area contributed by atoms with Crippen molar-refractivity contribution in [2.24, 2.45) is 0 Å². The molecule has 0 spiro atoms. The second-order valence-electron chi connectivity index (χ2n) is 6.26. The molecule has 2 N–H and O–H groups in total. The number of hydrogen-bond acceptors (Lipinski definition) is 5. The third kappa shape index (κ3) is 5.65. The van der Waals surface area contributed by atoms with Crippen LogP contribution in [-0.4, -0.2) is 27.8 Å². The molecule has 1 amide bonds. The highest BCUT2D eigenvalue weighted by Gasteiger charge is 2.27. The minimum atomic E-state index is -0.886. The summed E-state index contributed by atoms with van der Waals surface area (Å²) >= 11 is 1.36. The number of nitrogens with one attached hydrogen (secondary N) is 1. The number of carbonyl (C=O) groups is 1. The molecule has 23 heavy (non-hydrogen) atoms. The number of alkyl carbamates (subject to hydrolysis) is 1. The van der Waals surface area contributed by atoms with Crippen molar-refractivity contribution in [2.45, 2.75) is 44.9 Å². The van der Waals surface area contributed by atoms with Gasteiger partial charge in [-0.2, -0.15) is 0 Å². The van der Waals surface area contributed by atoms with Gasteiger partial charge in [0.2, 0.25) is 0 Å². The minimum Gasteiger partial charge on any atom is -0.444 e. The van der Waals surface area contributed by atoms with E-state index in [0.717, 1.165) is 5.56 Å². The molecule has 0 fully saturated rings. The normalized spacial score (nSPS) is 14.1. The van der Waals surface area contributed by atoms with Crippen LogP contribution in [0.3, 0.4) is 0 Å². The average Bonchev–Trinajstić information content (AvgIpc) is 2.99. The van der Waals surface area contributed by atoms with Crippen LogP contribution < -0.4 is 5.32 Å². The van der Waals surface area contributed by atoms with E-state index in [1.165, 1.54) is 11.3 Å². The Balaban J connectivity index is 2.12. The Morgan fingerprint density at radius 1 is 1.35 bits per heavy atom. The zero-order valence-corrected chi connectivity index (χ0v) is 14.3. The summed E-state index contributed by atoms with van der Waals surface area (Å²) in [7, 11) is 0. The molecule has 1 aromatic carbocycles. The van der Waals surface area contributed by atoms with E-state index in [4.69, 9.17) is 4.74 Å². The first-order valence-electron chi connectivity index (χ1n) is 7.46. The molecule has 1 aromatic heterocycles. The van der Waals surface area contributed by atoms with E-state index in [-0.39, 0.29) is 0 Å². The van der Waals surface area contributed by atoms with Crippen molar-refractivity contribution in [3.8, 4) is 0 Å². The average molecular weight is 334 g/mol. The second kappa shape index (κ2) is 7.57. The Bertz CT molecular complexity index is 609. The Kier molecular flexibility index (Phi) is 5.74. The smallest absolute Gasteiger partial charge is 0.407 e. The standard InChI is InChI=1S/C17H22N2O3S/c1-17(2,3)22-16(21)19-13(11-12-7-5-4-6-8-12)14(20)15-18-9-10-23-15/h4-10,13-14,20H,11H2,1-3H3,(H,19,21)/t13-,14+/m1/s1. The number of carbonyl (C=O) groups excluding carboxylic acids is 1. The highest BCUT2D eigenvalue weighted by Crippen LogP contribution is 2.22. The molecular weight excluding hydrogens is 312 g/mol. The zero-order chi connectivity index (χ0) is 16.9. The monoisotopic (exact) mass is 334 g/mol. The summed E-state index contributed by atoms with van der Waals surface area (Å²) in [5.74, 6) is 0. The summed E-state index contributed by atoms with van der Waals surface area (Å²) in [6.45, 7) is 5.40. The first kappa shape index (κ1) is 17.4. The van der Waals surface area contributed by atoms with E-state index in [1.807, 2.05) is 30.3 Å². The fourth-order valence-corrected chi connectivity index (χ4v) is 2.81. The molecule has 0 saturated heterocycles. The number of rotatable bonds is 5. The molecule has 0 saturated carbocycles. The lowest BCUT2D eigenvalue weighted by molar-refractivity contribution is 0.0421. The van der Waals surface area contributed by atoms with Gasteiger partial charge in [-0.3, -0.25) is 0 Å². The molecule has 0 bridgehead atoms. The van der Waals surface area contributed by atoms with Gasteiger partial charge in [-0.1, -0.05) is 30.3 Å². The molecule has 0 aliphatic carbocycles. The predicted molar refractivity (Wildman–Crippen MR) is 90.4 cm³/mol. The highest BCUT2D eigenvalue weighted by molar-refractivity contribution is 7.09. The predicted octanol–water partition coefficient (Wildman–Crippen LogP) is 3.31. The largest absolute Gasteiger partial charge is 0.444 e. The molecule has 0 aliphatic rings. The van der Waals surface area contributed by atoms with Crippen molar-refractivity contribution in [3.05, 3.63) is 52.5 Å². The molecule has 6 heteroatoms. The van der Waals surface area contributed by atoms with Crippen molar-refractivity contribution >= 4 is 17.4 Å². The molecule has 124 valence electrons. The van der Waals surface area contributed by atoms with Crippen molar-refractivity contribution in [2.75, 3.05) is 0 Å². The number of aliphatic hydroxyl groups excluding tert-OH is 1.